The zero-order valence-electron chi connectivity index (χ0n) is 17.3. The first-order chi connectivity index (χ1) is 14.6. The minimum Gasteiger partial charge on any atom is -0.385 e. The van der Waals surface area contributed by atoms with E-state index in [1.807, 2.05) is 6.07 Å². The second kappa shape index (κ2) is 9.11. The molecular formula is C21H30N6O3. The quantitative estimate of drug-likeness (QED) is 0.420. The van der Waals surface area contributed by atoms with Crippen LogP contribution in [0.2, 0.25) is 0 Å². The Morgan fingerprint density at radius 2 is 2.23 bits per heavy atom. The number of hydrogen-bond acceptors (Lipinski definition) is 8. The van der Waals surface area contributed by atoms with Crippen molar-refractivity contribution in [1.82, 2.24) is 15.2 Å². The van der Waals surface area contributed by atoms with Crippen LogP contribution >= 0.6 is 0 Å². The summed E-state index contributed by atoms with van der Waals surface area (Å²) in [4.78, 5) is 4.70. The third-order valence-corrected chi connectivity index (χ3v) is 6.07. The van der Waals surface area contributed by atoms with Gasteiger partial charge in [-0.2, -0.15) is 5.10 Å². The molecule has 4 rings (SSSR count). The summed E-state index contributed by atoms with van der Waals surface area (Å²) in [7, 11) is 1.72. The van der Waals surface area contributed by atoms with Gasteiger partial charge in [0.1, 0.15) is 17.5 Å². The van der Waals surface area contributed by atoms with E-state index in [0.717, 1.165) is 31.4 Å². The SMILES string of the molecule is COCC1CCC(O)(c2cc(NC3CCOC3)nc(Nc3ccn[nH]3)c2C=N)CC1. The first kappa shape index (κ1) is 20.8. The van der Waals surface area contributed by atoms with Crippen LogP contribution in [0.25, 0.3) is 0 Å². The highest BCUT2D eigenvalue weighted by Gasteiger charge is 2.37. The van der Waals surface area contributed by atoms with Crippen molar-refractivity contribution in [3.63, 3.8) is 0 Å². The van der Waals surface area contributed by atoms with Crippen molar-refractivity contribution < 1.29 is 14.6 Å². The zero-order chi connectivity index (χ0) is 21.0. The zero-order valence-corrected chi connectivity index (χ0v) is 17.3. The van der Waals surface area contributed by atoms with E-state index in [1.54, 1.807) is 19.4 Å². The van der Waals surface area contributed by atoms with E-state index in [0.29, 0.717) is 55.0 Å². The molecular weight excluding hydrogens is 384 g/mol. The molecule has 3 heterocycles. The highest BCUT2D eigenvalue weighted by atomic mass is 16.5. The third kappa shape index (κ3) is 4.48. The van der Waals surface area contributed by atoms with Gasteiger partial charge in [0.15, 0.2) is 0 Å². The summed E-state index contributed by atoms with van der Waals surface area (Å²) < 4.78 is 10.8. The van der Waals surface area contributed by atoms with Crippen molar-refractivity contribution in [1.29, 1.82) is 5.41 Å². The lowest BCUT2D eigenvalue weighted by atomic mass is 9.74. The Balaban J connectivity index is 1.68. The summed E-state index contributed by atoms with van der Waals surface area (Å²) >= 11 is 0. The smallest absolute Gasteiger partial charge is 0.143 e. The molecule has 0 bridgehead atoms. The number of H-pyrrole nitrogens is 1. The number of pyridine rings is 1. The lowest BCUT2D eigenvalue weighted by Crippen LogP contribution is -2.34. The Morgan fingerprint density at radius 1 is 1.40 bits per heavy atom. The van der Waals surface area contributed by atoms with Gasteiger partial charge in [-0.3, -0.25) is 5.10 Å². The van der Waals surface area contributed by atoms with E-state index < -0.39 is 5.60 Å². The van der Waals surface area contributed by atoms with E-state index >= 15 is 0 Å². The molecule has 30 heavy (non-hydrogen) atoms. The highest BCUT2D eigenvalue weighted by Crippen LogP contribution is 2.42. The van der Waals surface area contributed by atoms with Gasteiger partial charge in [0, 0.05) is 38.2 Å². The van der Waals surface area contributed by atoms with Crippen molar-refractivity contribution in [2.75, 3.05) is 37.6 Å². The number of rotatable bonds is 8. The summed E-state index contributed by atoms with van der Waals surface area (Å²) in [6, 6.07) is 3.88. The summed E-state index contributed by atoms with van der Waals surface area (Å²) in [5, 5.41) is 33.1. The van der Waals surface area contributed by atoms with Gasteiger partial charge in [-0.15, -0.1) is 0 Å². The summed E-state index contributed by atoms with van der Waals surface area (Å²) in [6.45, 7) is 2.08. The van der Waals surface area contributed by atoms with Gasteiger partial charge >= 0.3 is 0 Å². The van der Waals surface area contributed by atoms with Gasteiger partial charge in [0.25, 0.3) is 0 Å². The molecule has 9 heteroatoms. The minimum atomic E-state index is -1.01. The van der Waals surface area contributed by atoms with Crippen molar-refractivity contribution in [2.45, 2.75) is 43.7 Å². The normalized spacial score (nSPS) is 26.5. The number of anilines is 3. The van der Waals surface area contributed by atoms with Crippen LogP contribution in [0.4, 0.5) is 17.5 Å². The summed E-state index contributed by atoms with van der Waals surface area (Å²) in [6.07, 6.45) is 6.84. The van der Waals surface area contributed by atoms with Gasteiger partial charge in [-0.1, -0.05) is 0 Å². The highest BCUT2D eigenvalue weighted by molar-refractivity contribution is 5.89. The Labute approximate surface area is 176 Å². The Kier molecular flexibility index (Phi) is 6.31. The van der Waals surface area contributed by atoms with Crippen LogP contribution in [0.15, 0.2) is 18.3 Å². The van der Waals surface area contributed by atoms with Crippen LogP contribution in [-0.2, 0) is 15.1 Å². The fourth-order valence-electron chi connectivity index (χ4n) is 4.39. The van der Waals surface area contributed by atoms with Crippen LogP contribution in [0, 0.1) is 11.3 Å². The third-order valence-electron chi connectivity index (χ3n) is 6.07. The number of ether oxygens (including phenoxy) is 2. The molecule has 0 spiro atoms. The van der Waals surface area contributed by atoms with E-state index in [9.17, 15) is 5.11 Å². The minimum absolute atomic E-state index is 0.184. The monoisotopic (exact) mass is 414 g/mol. The molecule has 2 aromatic rings. The van der Waals surface area contributed by atoms with E-state index in [2.05, 4.69) is 20.8 Å². The first-order valence-electron chi connectivity index (χ1n) is 10.5. The number of methoxy groups -OCH3 is 1. The fourth-order valence-corrected chi connectivity index (χ4v) is 4.39. The van der Waals surface area contributed by atoms with Crippen LogP contribution < -0.4 is 10.6 Å². The number of aromatic nitrogens is 3. The predicted molar refractivity (Wildman–Crippen MR) is 115 cm³/mol. The standard InChI is InChI=1S/C21H30N6O3/c1-29-12-14-2-6-21(28,7-3-14)17-10-19(24-15-5-9-30-13-15)26-20(16(17)11-22)25-18-4-8-23-27-18/h4,8,10-11,14-15,22,28H,2-3,5-7,9,12-13H2,1H3,(H3,23,24,25,26,27). The first-order valence-corrected chi connectivity index (χ1v) is 10.5. The van der Waals surface area contributed by atoms with E-state index in [4.69, 9.17) is 19.9 Å². The average molecular weight is 415 g/mol. The number of hydrogen-bond donors (Lipinski definition) is 5. The molecule has 0 radical (unpaired) electrons. The van der Waals surface area contributed by atoms with E-state index in [1.165, 1.54) is 6.21 Å². The second-order valence-electron chi connectivity index (χ2n) is 8.19. The predicted octanol–water partition coefficient (Wildman–Crippen LogP) is 2.77. The largest absolute Gasteiger partial charge is 0.385 e. The maximum Gasteiger partial charge on any atom is 0.143 e. The van der Waals surface area contributed by atoms with Crippen molar-refractivity contribution in [3.8, 4) is 0 Å². The molecule has 162 valence electrons. The molecule has 2 aliphatic rings. The molecule has 1 unspecified atom stereocenters. The lowest BCUT2D eigenvalue weighted by Gasteiger charge is -2.37. The number of nitrogens with zero attached hydrogens (tertiary/aromatic N) is 2. The molecule has 0 aromatic carbocycles. The summed E-state index contributed by atoms with van der Waals surface area (Å²) in [5.74, 6) is 2.31. The van der Waals surface area contributed by atoms with Crippen LogP contribution in [0.1, 0.15) is 43.2 Å². The number of nitrogens with one attached hydrogen (secondary N) is 4. The molecule has 1 saturated heterocycles. The van der Waals surface area contributed by atoms with Crippen molar-refractivity contribution in [2.24, 2.45) is 5.92 Å². The van der Waals surface area contributed by atoms with Gasteiger partial charge in [-0.05, 0) is 49.7 Å². The molecule has 1 aliphatic carbocycles. The molecule has 0 amide bonds. The Hall–Kier alpha value is -2.49. The molecule has 1 atom stereocenters. The lowest BCUT2D eigenvalue weighted by molar-refractivity contribution is -0.0245. The van der Waals surface area contributed by atoms with Crippen LogP contribution in [0.3, 0.4) is 0 Å². The molecule has 1 saturated carbocycles. The molecule has 2 fully saturated rings. The average Bonchev–Trinajstić information content (AvgIpc) is 3.44. The van der Waals surface area contributed by atoms with Gasteiger partial charge in [-0.25, -0.2) is 4.98 Å². The van der Waals surface area contributed by atoms with Crippen LogP contribution in [-0.4, -0.2) is 59.5 Å². The molecule has 2 aromatic heterocycles. The maximum atomic E-state index is 11.6. The van der Waals surface area contributed by atoms with E-state index in [-0.39, 0.29) is 6.04 Å². The van der Waals surface area contributed by atoms with Crippen LogP contribution in [0.5, 0.6) is 0 Å². The Bertz CT molecular complexity index is 843. The topological polar surface area (TPSA) is 128 Å². The van der Waals surface area contributed by atoms with Gasteiger partial charge in [0.05, 0.1) is 24.4 Å². The maximum absolute atomic E-state index is 11.6. The molecule has 1 aliphatic heterocycles. The number of aromatic amines is 1. The molecule has 9 nitrogen and oxygen atoms in total. The summed E-state index contributed by atoms with van der Waals surface area (Å²) in [5.41, 5.74) is 0.310. The fraction of sp³-hybridized carbons (Fsp3) is 0.571. The van der Waals surface area contributed by atoms with Crippen molar-refractivity contribution >= 4 is 23.7 Å². The molecule has 5 N–H and O–H groups in total. The Morgan fingerprint density at radius 3 is 2.87 bits per heavy atom. The van der Waals surface area contributed by atoms with Gasteiger partial charge in [0.2, 0.25) is 0 Å². The number of aliphatic hydroxyl groups is 1. The van der Waals surface area contributed by atoms with Gasteiger partial charge < -0.3 is 30.6 Å². The van der Waals surface area contributed by atoms with Crippen molar-refractivity contribution in [3.05, 3.63) is 29.5 Å². The second-order valence-corrected chi connectivity index (χ2v) is 8.19.